The zero-order chi connectivity index (χ0) is 17.5. The molecule has 2 aromatic carbocycles. The fourth-order valence-electron chi connectivity index (χ4n) is 2.14. The van der Waals surface area contributed by atoms with Gasteiger partial charge in [-0.3, -0.25) is 0 Å². The summed E-state index contributed by atoms with van der Waals surface area (Å²) in [4.78, 5) is 0. The molecule has 3 nitrogen and oxygen atoms in total. The lowest BCUT2D eigenvalue weighted by atomic mass is 10.0. The van der Waals surface area contributed by atoms with Crippen LogP contribution in [0.4, 0.5) is 0 Å². The lowest BCUT2D eigenvalue weighted by Crippen LogP contribution is -1.99. The molecule has 24 heavy (non-hydrogen) atoms. The van der Waals surface area contributed by atoms with Crippen molar-refractivity contribution in [2.75, 3.05) is 13.7 Å². The Kier molecular flexibility index (Phi) is 6.72. The first-order valence-corrected chi connectivity index (χ1v) is 8.64. The van der Waals surface area contributed by atoms with Gasteiger partial charge in [-0.05, 0) is 63.8 Å². The maximum atomic E-state index is 9.46. The number of methoxy groups -OCH3 is 1. The van der Waals surface area contributed by atoms with Gasteiger partial charge < -0.3 is 9.47 Å². The van der Waals surface area contributed by atoms with Gasteiger partial charge in [0.05, 0.1) is 29.8 Å². The average molecular weight is 407 g/mol. The second-order valence-corrected chi connectivity index (χ2v) is 6.35. The summed E-state index contributed by atoms with van der Waals surface area (Å²) >= 11 is 9.41. The van der Waals surface area contributed by atoms with Crippen LogP contribution in [0.1, 0.15) is 24.5 Å². The molecule has 0 fully saturated rings. The SMILES string of the molecule is CCCOc1c(Br)cc(/C=C(\C#N)c2ccc(Cl)cc2)cc1OC. The molecule has 0 saturated heterocycles. The van der Waals surface area contributed by atoms with Gasteiger partial charge in [0.15, 0.2) is 11.5 Å². The summed E-state index contributed by atoms with van der Waals surface area (Å²) in [5.74, 6) is 1.29. The van der Waals surface area contributed by atoms with Gasteiger partial charge in [0.25, 0.3) is 0 Å². The van der Waals surface area contributed by atoms with Gasteiger partial charge in [-0.15, -0.1) is 0 Å². The van der Waals surface area contributed by atoms with Crippen molar-refractivity contribution >= 4 is 39.2 Å². The summed E-state index contributed by atoms with van der Waals surface area (Å²) in [5.41, 5.74) is 2.19. The predicted octanol–water partition coefficient (Wildman–Crippen LogP) is 5.96. The van der Waals surface area contributed by atoms with Crippen LogP contribution in [0.15, 0.2) is 40.9 Å². The fraction of sp³-hybridized carbons (Fsp3) is 0.211. The highest BCUT2D eigenvalue weighted by Crippen LogP contribution is 2.37. The van der Waals surface area contributed by atoms with Crippen molar-refractivity contribution in [3.63, 3.8) is 0 Å². The standard InChI is InChI=1S/C19H17BrClNO2/c1-3-8-24-19-17(20)10-13(11-18(19)23-2)9-15(12-22)14-4-6-16(21)7-5-14/h4-7,9-11H,3,8H2,1-2H3/b15-9+. The van der Waals surface area contributed by atoms with Crippen molar-refractivity contribution in [3.8, 4) is 17.6 Å². The van der Waals surface area contributed by atoms with Gasteiger partial charge in [0.1, 0.15) is 0 Å². The minimum atomic E-state index is 0.544. The molecule has 0 aromatic heterocycles. The summed E-state index contributed by atoms with van der Waals surface area (Å²) < 4.78 is 11.9. The molecule has 0 amide bonds. The topological polar surface area (TPSA) is 42.2 Å². The van der Waals surface area contributed by atoms with E-state index in [-0.39, 0.29) is 0 Å². The van der Waals surface area contributed by atoms with Crippen LogP contribution in [0.2, 0.25) is 5.02 Å². The average Bonchev–Trinajstić information content (AvgIpc) is 2.59. The van der Waals surface area contributed by atoms with Crippen molar-refractivity contribution < 1.29 is 9.47 Å². The first kappa shape index (κ1) is 18.4. The Balaban J connectivity index is 2.42. The number of allylic oxidation sites excluding steroid dienone is 1. The van der Waals surface area contributed by atoms with Crippen molar-refractivity contribution in [3.05, 3.63) is 57.0 Å². The molecule has 0 heterocycles. The lowest BCUT2D eigenvalue weighted by molar-refractivity contribution is 0.292. The summed E-state index contributed by atoms with van der Waals surface area (Å²) in [7, 11) is 1.60. The third-order valence-corrected chi connectivity index (χ3v) is 4.13. The minimum absolute atomic E-state index is 0.544. The molecular weight excluding hydrogens is 390 g/mol. The summed E-state index contributed by atoms with van der Waals surface area (Å²) in [6.45, 7) is 2.65. The number of ether oxygens (including phenoxy) is 2. The summed E-state index contributed by atoms with van der Waals surface area (Å²) in [6.07, 6.45) is 2.71. The van der Waals surface area contributed by atoms with E-state index in [1.165, 1.54) is 0 Å². The Bertz CT molecular complexity index is 779. The number of hydrogen-bond acceptors (Lipinski definition) is 3. The van der Waals surface area contributed by atoms with Crippen LogP contribution in [0.5, 0.6) is 11.5 Å². The molecule has 124 valence electrons. The van der Waals surface area contributed by atoms with Gasteiger partial charge >= 0.3 is 0 Å². The number of hydrogen-bond donors (Lipinski definition) is 0. The molecule has 0 saturated carbocycles. The third-order valence-electron chi connectivity index (χ3n) is 3.29. The van der Waals surface area contributed by atoms with Crippen molar-refractivity contribution in [2.45, 2.75) is 13.3 Å². The Hall–Kier alpha value is -1.96. The van der Waals surface area contributed by atoms with Gasteiger partial charge in [0.2, 0.25) is 0 Å². The van der Waals surface area contributed by atoms with E-state index in [2.05, 4.69) is 22.0 Å². The number of nitriles is 1. The van der Waals surface area contributed by atoms with Crippen LogP contribution in [0, 0.1) is 11.3 Å². The Morgan fingerprint density at radius 3 is 2.58 bits per heavy atom. The molecule has 0 spiro atoms. The molecule has 0 aliphatic carbocycles. The minimum Gasteiger partial charge on any atom is -0.493 e. The van der Waals surface area contributed by atoms with Crippen molar-refractivity contribution in [1.29, 1.82) is 5.26 Å². The number of rotatable bonds is 6. The molecule has 2 rings (SSSR count). The van der Waals surface area contributed by atoms with Crippen molar-refractivity contribution in [1.82, 2.24) is 0 Å². The number of halogens is 2. The fourth-order valence-corrected chi connectivity index (χ4v) is 2.84. The normalized spacial score (nSPS) is 11.0. The van der Waals surface area contributed by atoms with Crippen LogP contribution >= 0.6 is 27.5 Å². The van der Waals surface area contributed by atoms with E-state index in [1.54, 1.807) is 25.3 Å². The molecule has 0 unspecified atom stereocenters. The Morgan fingerprint density at radius 1 is 1.29 bits per heavy atom. The van der Waals surface area contributed by atoms with E-state index in [4.69, 9.17) is 21.1 Å². The third kappa shape index (κ3) is 4.53. The summed E-state index contributed by atoms with van der Waals surface area (Å²) in [6, 6.07) is 13.1. The molecular formula is C19H17BrClNO2. The highest BCUT2D eigenvalue weighted by Gasteiger charge is 2.11. The van der Waals surface area contributed by atoms with Crippen LogP contribution in [0.25, 0.3) is 11.6 Å². The number of nitrogens with zero attached hydrogens (tertiary/aromatic N) is 1. The quantitative estimate of drug-likeness (QED) is 0.439. The zero-order valence-corrected chi connectivity index (χ0v) is 15.8. The molecule has 0 atom stereocenters. The lowest BCUT2D eigenvalue weighted by Gasteiger charge is -2.13. The second-order valence-electron chi connectivity index (χ2n) is 5.06. The van der Waals surface area contributed by atoms with E-state index in [0.29, 0.717) is 28.7 Å². The van der Waals surface area contributed by atoms with Crippen LogP contribution in [0.3, 0.4) is 0 Å². The van der Waals surface area contributed by atoms with E-state index < -0.39 is 0 Å². The van der Waals surface area contributed by atoms with Gasteiger partial charge in [-0.25, -0.2) is 0 Å². The molecule has 0 N–H and O–H groups in total. The first-order chi connectivity index (χ1) is 11.6. The molecule has 0 radical (unpaired) electrons. The van der Waals surface area contributed by atoms with Crippen LogP contribution in [-0.2, 0) is 0 Å². The second kappa shape index (κ2) is 8.77. The Morgan fingerprint density at radius 2 is 2.00 bits per heavy atom. The van der Waals surface area contributed by atoms with Gasteiger partial charge in [-0.1, -0.05) is 30.7 Å². The first-order valence-electron chi connectivity index (χ1n) is 7.47. The highest BCUT2D eigenvalue weighted by atomic mass is 79.9. The molecule has 0 bridgehead atoms. The zero-order valence-electron chi connectivity index (χ0n) is 13.5. The Labute approximate surface area is 155 Å². The largest absolute Gasteiger partial charge is 0.493 e. The number of benzene rings is 2. The van der Waals surface area contributed by atoms with Crippen molar-refractivity contribution in [2.24, 2.45) is 0 Å². The van der Waals surface area contributed by atoms with Gasteiger partial charge in [0, 0.05) is 5.02 Å². The van der Waals surface area contributed by atoms with E-state index in [9.17, 15) is 5.26 Å². The predicted molar refractivity (Wildman–Crippen MR) is 101 cm³/mol. The molecule has 2 aromatic rings. The molecule has 0 aliphatic heterocycles. The van der Waals surface area contributed by atoms with E-state index in [1.807, 2.05) is 31.2 Å². The van der Waals surface area contributed by atoms with E-state index in [0.717, 1.165) is 22.0 Å². The maximum absolute atomic E-state index is 9.46. The molecule has 5 heteroatoms. The van der Waals surface area contributed by atoms with Crippen LogP contribution < -0.4 is 9.47 Å². The maximum Gasteiger partial charge on any atom is 0.175 e. The smallest absolute Gasteiger partial charge is 0.175 e. The highest BCUT2D eigenvalue weighted by molar-refractivity contribution is 9.10. The summed E-state index contributed by atoms with van der Waals surface area (Å²) in [5, 5.41) is 10.1. The monoisotopic (exact) mass is 405 g/mol. The molecule has 0 aliphatic rings. The van der Waals surface area contributed by atoms with E-state index >= 15 is 0 Å². The van der Waals surface area contributed by atoms with Gasteiger partial charge in [-0.2, -0.15) is 5.26 Å². The van der Waals surface area contributed by atoms with Crippen LogP contribution in [-0.4, -0.2) is 13.7 Å².